The Balaban J connectivity index is 1.63. The predicted octanol–water partition coefficient (Wildman–Crippen LogP) is 0.754. The van der Waals surface area contributed by atoms with E-state index in [1.54, 1.807) is 0 Å². The molecule has 0 atom stereocenters. The van der Waals surface area contributed by atoms with E-state index in [4.69, 9.17) is 4.74 Å². The molecule has 114 valence electrons. The molecule has 0 unspecified atom stereocenters. The highest BCUT2D eigenvalue weighted by molar-refractivity contribution is 5.92. The summed E-state index contributed by atoms with van der Waals surface area (Å²) in [5.74, 6) is -0.104. The van der Waals surface area contributed by atoms with Crippen LogP contribution in [0.2, 0.25) is 0 Å². The SMILES string of the molecule is O=C(NC1CC1)c1nnc2ccc(N3CCOCC3)cc2n1. The smallest absolute Gasteiger partial charge is 0.291 e. The molecule has 22 heavy (non-hydrogen) atoms. The lowest BCUT2D eigenvalue weighted by Gasteiger charge is -2.28. The third-order valence-electron chi connectivity index (χ3n) is 3.93. The van der Waals surface area contributed by atoms with Gasteiger partial charge in [0.1, 0.15) is 5.52 Å². The first kappa shape index (κ1) is 13.4. The van der Waals surface area contributed by atoms with Gasteiger partial charge in [-0.15, -0.1) is 10.2 Å². The Morgan fingerprint density at radius 1 is 1.18 bits per heavy atom. The van der Waals surface area contributed by atoms with E-state index in [1.807, 2.05) is 18.2 Å². The molecule has 1 aliphatic heterocycles. The maximum absolute atomic E-state index is 12.0. The van der Waals surface area contributed by atoms with Gasteiger partial charge in [-0.25, -0.2) is 4.98 Å². The van der Waals surface area contributed by atoms with Crippen molar-refractivity contribution >= 4 is 22.6 Å². The molecule has 4 rings (SSSR count). The van der Waals surface area contributed by atoms with Crippen LogP contribution in [0.3, 0.4) is 0 Å². The van der Waals surface area contributed by atoms with Crippen molar-refractivity contribution in [2.24, 2.45) is 0 Å². The normalized spacial score (nSPS) is 18.5. The van der Waals surface area contributed by atoms with Gasteiger partial charge in [-0.05, 0) is 31.0 Å². The van der Waals surface area contributed by atoms with Crippen LogP contribution >= 0.6 is 0 Å². The van der Waals surface area contributed by atoms with Crippen LogP contribution in [0.5, 0.6) is 0 Å². The van der Waals surface area contributed by atoms with Gasteiger partial charge in [0.05, 0.1) is 18.7 Å². The number of aromatic nitrogens is 3. The Bertz CT molecular complexity index is 710. The monoisotopic (exact) mass is 299 g/mol. The lowest BCUT2D eigenvalue weighted by Crippen LogP contribution is -2.36. The molecule has 7 nitrogen and oxygen atoms in total. The van der Waals surface area contributed by atoms with Crippen molar-refractivity contribution in [1.82, 2.24) is 20.5 Å². The number of nitrogens with one attached hydrogen (secondary N) is 1. The molecule has 1 aliphatic carbocycles. The van der Waals surface area contributed by atoms with Gasteiger partial charge in [0.2, 0.25) is 5.82 Å². The second kappa shape index (κ2) is 5.49. The summed E-state index contributed by atoms with van der Waals surface area (Å²) in [7, 11) is 0. The molecule has 2 aliphatic rings. The number of nitrogens with zero attached hydrogens (tertiary/aromatic N) is 4. The first-order chi connectivity index (χ1) is 10.8. The highest BCUT2D eigenvalue weighted by Crippen LogP contribution is 2.21. The molecule has 1 N–H and O–H groups in total. The third-order valence-corrected chi connectivity index (χ3v) is 3.93. The molecule has 1 amide bonds. The maximum atomic E-state index is 12.0. The molecule has 1 saturated heterocycles. The Kier molecular flexibility index (Phi) is 3.34. The molecular weight excluding hydrogens is 282 g/mol. The van der Waals surface area contributed by atoms with E-state index in [9.17, 15) is 4.79 Å². The lowest BCUT2D eigenvalue weighted by molar-refractivity contribution is 0.0940. The number of amides is 1. The van der Waals surface area contributed by atoms with E-state index < -0.39 is 0 Å². The number of carbonyl (C=O) groups excluding carboxylic acids is 1. The van der Waals surface area contributed by atoms with E-state index in [-0.39, 0.29) is 17.8 Å². The first-order valence-corrected chi connectivity index (χ1v) is 7.58. The van der Waals surface area contributed by atoms with Gasteiger partial charge in [-0.2, -0.15) is 0 Å². The molecule has 7 heteroatoms. The molecular formula is C15H17N5O2. The van der Waals surface area contributed by atoms with Gasteiger partial charge in [-0.3, -0.25) is 4.79 Å². The number of fused-ring (bicyclic) bond motifs is 1. The molecule has 1 aromatic carbocycles. The second-order valence-electron chi connectivity index (χ2n) is 5.66. The van der Waals surface area contributed by atoms with Gasteiger partial charge in [0.15, 0.2) is 0 Å². The molecule has 0 spiro atoms. The van der Waals surface area contributed by atoms with Crippen LogP contribution in [0.25, 0.3) is 11.0 Å². The molecule has 1 saturated carbocycles. The van der Waals surface area contributed by atoms with Crippen molar-refractivity contribution in [2.45, 2.75) is 18.9 Å². The van der Waals surface area contributed by atoms with E-state index in [1.165, 1.54) is 0 Å². The number of ether oxygens (including phenoxy) is 1. The van der Waals surface area contributed by atoms with Crippen molar-refractivity contribution in [3.8, 4) is 0 Å². The first-order valence-electron chi connectivity index (χ1n) is 7.58. The molecule has 0 radical (unpaired) electrons. The fraction of sp³-hybridized carbons (Fsp3) is 0.467. The number of benzene rings is 1. The molecule has 2 aromatic rings. The van der Waals surface area contributed by atoms with Crippen molar-refractivity contribution in [3.63, 3.8) is 0 Å². The van der Waals surface area contributed by atoms with Gasteiger partial charge in [-0.1, -0.05) is 0 Å². The van der Waals surface area contributed by atoms with E-state index in [2.05, 4.69) is 25.4 Å². The van der Waals surface area contributed by atoms with Gasteiger partial charge >= 0.3 is 0 Å². The van der Waals surface area contributed by atoms with Crippen molar-refractivity contribution in [3.05, 3.63) is 24.0 Å². The summed E-state index contributed by atoms with van der Waals surface area (Å²) in [4.78, 5) is 18.6. The van der Waals surface area contributed by atoms with E-state index in [0.29, 0.717) is 11.0 Å². The fourth-order valence-electron chi connectivity index (χ4n) is 2.52. The van der Waals surface area contributed by atoms with E-state index in [0.717, 1.165) is 44.8 Å². The summed E-state index contributed by atoms with van der Waals surface area (Å²) in [6, 6.07) is 6.14. The minimum Gasteiger partial charge on any atom is -0.378 e. The number of hydrogen-bond acceptors (Lipinski definition) is 6. The Labute approximate surface area is 127 Å². The summed E-state index contributed by atoms with van der Waals surface area (Å²) in [5, 5.41) is 10.9. The Hall–Kier alpha value is -2.28. The zero-order chi connectivity index (χ0) is 14.9. The average molecular weight is 299 g/mol. The topological polar surface area (TPSA) is 80.2 Å². The highest BCUT2D eigenvalue weighted by Gasteiger charge is 2.25. The van der Waals surface area contributed by atoms with Crippen LogP contribution in [-0.4, -0.2) is 53.4 Å². The number of anilines is 1. The van der Waals surface area contributed by atoms with Gasteiger partial charge < -0.3 is 15.0 Å². The van der Waals surface area contributed by atoms with Crippen molar-refractivity contribution in [1.29, 1.82) is 0 Å². The number of rotatable bonds is 3. The van der Waals surface area contributed by atoms with Crippen LogP contribution in [0.4, 0.5) is 5.69 Å². The van der Waals surface area contributed by atoms with Crippen LogP contribution in [0.15, 0.2) is 18.2 Å². The molecule has 0 bridgehead atoms. The zero-order valence-corrected chi connectivity index (χ0v) is 12.2. The minimum absolute atomic E-state index is 0.138. The second-order valence-corrected chi connectivity index (χ2v) is 5.66. The van der Waals surface area contributed by atoms with E-state index >= 15 is 0 Å². The number of hydrogen-bond donors (Lipinski definition) is 1. The summed E-state index contributed by atoms with van der Waals surface area (Å²) >= 11 is 0. The summed E-state index contributed by atoms with van der Waals surface area (Å²) in [5.41, 5.74) is 2.46. The van der Waals surface area contributed by atoms with Crippen molar-refractivity contribution in [2.75, 3.05) is 31.2 Å². The van der Waals surface area contributed by atoms with Crippen molar-refractivity contribution < 1.29 is 9.53 Å². The summed E-state index contributed by atoms with van der Waals surface area (Å²) in [6.45, 7) is 3.18. The standard InChI is InChI=1S/C15H17N5O2/c21-15(16-10-1-2-10)14-17-13-9-11(3-4-12(13)18-19-14)20-5-7-22-8-6-20/h3-4,9-10H,1-2,5-8H2,(H,16,21). The minimum atomic E-state index is -0.242. The predicted molar refractivity (Wildman–Crippen MR) is 80.9 cm³/mol. The fourth-order valence-corrected chi connectivity index (χ4v) is 2.52. The summed E-state index contributed by atoms with van der Waals surface area (Å²) < 4.78 is 5.37. The average Bonchev–Trinajstić information content (AvgIpc) is 3.38. The molecule has 2 fully saturated rings. The highest BCUT2D eigenvalue weighted by atomic mass is 16.5. The molecule has 2 heterocycles. The third kappa shape index (κ3) is 2.71. The number of morpholine rings is 1. The summed E-state index contributed by atoms with van der Waals surface area (Å²) in [6.07, 6.45) is 2.07. The van der Waals surface area contributed by atoms with Crippen LogP contribution in [0.1, 0.15) is 23.5 Å². The van der Waals surface area contributed by atoms with Crippen LogP contribution in [0, 0.1) is 0 Å². The Morgan fingerprint density at radius 2 is 2.00 bits per heavy atom. The molecule has 1 aromatic heterocycles. The Morgan fingerprint density at radius 3 is 2.77 bits per heavy atom. The zero-order valence-electron chi connectivity index (χ0n) is 12.2. The van der Waals surface area contributed by atoms with Gasteiger partial charge in [0, 0.05) is 24.8 Å². The van der Waals surface area contributed by atoms with Gasteiger partial charge in [0.25, 0.3) is 5.91 Å². The van der Waals surface area contributed by atoms with Crippen LogP contribution < -0.4 is 10.2 Å². The lowest BCUT2D eigenvalue weighted by atomic mass is 10.2. The largest absolute Gasteiger partial charge is 0.378 e. The number of carbonyl (C=O) groups is 1. The maximum Gasteiger partial charge on any atom is 0.291 e. The quantitative estimate of drug-likeness (QED) is 0.901. The van der Waals surface area contributed by atoms with Crippen LogP contribution in [-0.2, 0) is 4.74 Å².